The summed E-state index contributed by atoms with van der Waals surface area (Å²) >= 11 is 0. The molecule has 0 unspecified atom stereocenters. The minimum Gasteiger partial charge on any atom is -0.332 e. The van der Waals surface area contributed by atoms with Crippen molar-refractivity contribution in [3.05, 3.63) is 66.0 Å². The van der Waals surface area contributed by atoms with Gasteiger partial charge in [-0.05, 0) is 31.5 Å². The predicted octanol–water partition coefficient (Wildman–Crippen LogP) is 3.13. The number of hydrogen-bond acceptors (Lipinski definition) is 2. The number of nitrogens with zero attached hydrogens (tertiary/aromatic N) is 2. The molecule has 19 heavy (non-hydrogen) atoms. The monoisotopic (exact) mass is 254 g/mol. The summed E-state index contributed by atoms with van der Waals surface area (Å²) in [5, 5.41) is 0. The first-order valence-electron chi connectivity index (χ1n) is 6.43. The molecule has 0 atom stereocenters. The maximum atomic E-state index is 12.5. The summed E-state index contributed by atoms with van der Waals surface area (Å²) in [6, 6.07) is 13.7. The number of rotatable bonds is 4. The van der Waals surface area contributed by atoms with E-state index in [9.17, 15) is 4.79 Å². The Kier molecular flexibility index (Phi) is 4.29. The van der Waals surface area contributed by atoms with E-state index in [1.54, 1.807) is 24.5 Å². The third-order valence-electron chi connectivity index (χ3n) is 3.01. The minimum atomic E-state index is 0.0428. The summed E-state index contributed by atoms with van der Waals surface area (Å²) in [6.07, 6.45) is 3.29. The smallest absolute Gasteiger partial charge is 0.254 e. The van der Waals surface area contributed by atoms with Crippen molar-refractivity contribution in [2.75, 3.05) is 0 Å². The number of hydrogen-bond donors (Lipinski definition) is 0. The first-order chi connectivity index (χ1) is 9.18. The van der Waals surface area contributed by atoms with Crippen LogP contribution in [0.5, 0.6) is 0 Å². The molecule has 1 aromatic carbocycles. The second kappa shape index (κ2) is 6.14. The first kappa shape index (κ1) is 13.3. The number of carbonyl (C=O) groups excluding carboxylic acids is 1. The molecule has 2 rings (SSSR count). The van der Waals surface area contributed by atoms with Gasteiger partial charge in [-0.1, -0.05) is 30.3 Å². The number of pyridine rings is 1. The molecule has 0 radical (unpaired) electrons. The highest BCUT2D eigenvalue weighted by molar-refractivity contribution is 5.94. The van der Waals surface area contributed by atoms with Gasteiger partial charge < -0.3 is 4.90 Å². The van der Waals surface area contributed by atoms with E-state index in [0.717, 1.165) is 5.56 Å². The summed E-state index contributed by atoms with van der Waals surface area (Å²) in [4.78, 5) is 18.3. The molecular formula is C16H18N2O. The van der Waals surface area contributed by atoms with Crippen LogP contribution >= 0.6 is 0 Å². The van der Waals surface area contributed by atoms with Gasteiger partial charge in [-0.15, -0.1) is 0 Å². The normalized spacial score (nSPS) is 10.5. The van der Waals surface area contributed by atoms with Crippen LogP contribution in [0.2, 0.25) is 0 Å². The van der Waals surface area contributed by atoms with Gasteiger partial charge >= 0.3 is 0 Å². The van der Waals surface area contributed by atoms with Crippen LogP contribution in [0.4, 0.5) is 0 Å². The van der Waals surface area contributed by atoms with Gasteiger partial charge in [-0.2, -0.15) is 0 Å². The predicted molar refractivity (Wildman–Crippen MR) is 75.7 cm³/mol. The molecule has 0 saturated carbocycles. The lowest BCUT2D eigenvalue weighted by atomic mass is 10.1. The lowest BCUT2D eigenvalue weighted by Crippen LogP contribution is -2.36. The maximum absolute atomic E-state index is 12.5. The molecule has 3 nitrogen and oxygen atoms in total. The molecule has 2 aromatic rings. The van der Waals surface area contributed by atoms with Crippen molar-refractivity contribution in [1.82, 2.24) is 9.88 Å². The Morgan fingerprint density at radius 2 is 1.74 bits per heavy atom. The molecule has 3 heteroatoms. The second-order valence-corrected chi connectivity index (χ2v) is 4.75. The zero-order valence-electron chi connectivity index (χ0n) is 11.3. The Morgan fingerprint density at radius 3 is 2.32 bits per heavy atom. The summed E-state index contributed by atoms with van der Waals surface area (Å²) < 4.78 is 0. The van der Waals surface area contributed by atoms with Crippen LogP contribution < -0.4 is 0 Å². The quantitative estimate of drug-likeness (QED) is 0.839. The average Bonchev–Trinajstić information content (AvgIpc) is 2.46. The van der Waals surface area contributed by atoms with Crippen molar-refractivity contribution >= 4 is 5.91 Å². The van der Waals surface area contributed by atoms with Gasteiger partial charge in [0.25, 0.3) is 5.91 Å². The Hall–Kier alpha value is -2.16. The first-order valence-corrected chi connectivity index (χ1v) is 6.43. The van der Waals surface area contributed by atoms with Crippen molar-refractivity contribution in [1.29, 1.82) is 0 Å². The fourth-order valence-electron chi connectivity index (χ4n) is 1.93. The van der Waals surface area contributed by atoms with E-state index in [4.69, 9.17) is 0 Å². The van der Waals surface area contributed by atoms with E-state index in [1.807, 2.05) is 49.1 Å². The molecule has 0 aliphatic rings. The SMILES string of the molecule is CC(C)N(Cc1ccccc1)C(=O)c1ccncc1. The standard InChI is InChI=1S/C16H18N2O/c1-13(2)18(12-14-6-4-3-5-7-14)16(19)15-8-10-17-11-9-15/h3-11,13H,12H2,1-2H3. The van der Waals surface area contributed by atoms with E-state index < -0.39 is 0 Å². The maximum Gasteiger partial charge on any atom is 0.254 e. The van der Waals surface area contributed by atoms with Gasteiger partial charge in [0, 0.05) is 30.5 Å². The van der Waals surface area contributed by atoms with Crippen molar-refractivity contribution in [3.63, 3.8) is 0 Å². The Labute approximate surface area is 113 Å². The fourth-order valence-corrected chi connectivity index (χ4v) is 1.93. The lowest BCUT2D eigenvalue weighted by Gasteiger charge is -2.27. The molecule has 1 heterocycles. The molecule has 1 aromatic heterocycles. The van der Waals surface area contributed by atoms with E-state index in [2.05, 4.69) is 4.98 Å². The van der Waals surface area contributed by atoms with Gasteiger partial charge in [0.05, 0.1) is 0 Å². The largest absolute Gasteiger partial charge is 0.332 e. The number of amides is 1. The van der Waals surface area contributed by atoms with E-state index in [1.165, 1.54) is 0 Å². The summed E-state index contributed by atoms with van der Waals surface area (Å²) in [5.41, 5.74) is 1.82. The lowest BCUT2D eigenvalue weighted by molar-refractivity contribution is 0.0690. The zero-order valence-corrected chi connectivity index (χ0v) is 11.3. The third-order valence-corrected chi connectivity index (χ3v) is 3.01. The van der Waals surface area contributed by atoms with Crippen LogP contribution in [-0.2, 0) is 6.54 Å². The van der Waals surface area contributed by atoms with Gasteiger partial charge in [-0.25, -0.2) is 0 Å². The molecule has 1 amide bonds. The highest BCUT2D eigenvalue weighted by atomic mass is 16.2. The van der Waals surface area contributed by atoms with Crippen molar-refractivity contribution in [2.24, 2.45) is 0 Å². The van der Waals surface area contributed by atoms with Crippen molar-refractivity contribution in [2.45, 2.75) is 26.4 Å². The number of aromatic nitrogens is 1. The third kappa shape index (κ3) is 3.41. The van der Waals surface area contributed by atoms with Gasteiger partial charge in [0.15, 0.2) is 0 Å². The molecule has 0 fully saturated rings. The highest BCUT2D eigenvalue weighted by Crippen LogP contribution is 2.12. The Bertz CT molecular complexity index is 523. The topological polar surface area (TPSA) is 33.2 Å². The van der Waals surface area contributed by atoms with Gasteiger partial charge in [0.1, 0.15) is 0 Å². The Morgan fingerprint density at radius 1 is 1.11 bits per heavy atom. The van der Waals surface area contributed by atoms with Crippen molar-refractivity contribution < 1.29 is 4.79 Å². The van der Waals surface area contributed by atoms with Crippen LogP contribution in [0.15, 0.2) is 54.9 Å². The fraction of sp³-hybridized carbons (Fsp3) is 0.250. The van der Waals surface area contributed by atoms with E-state index >= 15 is 0 Å². The molecule has 0 saturated heterocycles. The summed E-state index contributed by atoms with van der Waals surface area (Å²) in [6.45, 7) is 4.68. The molecule has 98 valence electrons. The van der Waals surface area contributed by atoms with Crippen molar-refractivity contribution in [3.8, 4) is 0 Å². The second-order valence-electron chi connectivity index (χ2n) is 4.75. The summed E-state index contributed by atoms with van der Waals surface area (Å²) in [7, 11) is 0. The minimum absolute atomic E-state index is 0.0428. The van der Waals surface area contributed by atoms with Crippen LogP contribution in [-0.4, -0.2) is 21.8 Å². The highest BCUT2D eigenvalue weighted by Gasteiger charge is 2.18. The van der Waals surface area contributed by atoms with Crippen LogP contribution in [0, 0.1) is 0 Å². The number of benzene rings is 1. The number of carbonyl (C=O) groups is 1. The average molecular weight is 254 g/mol. The zero-order chi connectivity index (χ0) is 13.7. The molecule has 0 spiro atoms. The molecule has 0 aliphatic heterocycles. The van der Waals surface area contributed by atoms with Crippen LogP contribution in [0.1, 0.15) is 29.8 Å². The van der Waals surface area contributed by atoms with Crippen LogP contribution in [0.25, 0.3) is 0 Å². The van der Waals surface area contributed by atoms with Crippen LogP contribution in [0.3, 0.4) is 0 Å². The van der Waals surface area contributed by atoms with E-state index in [0.29, 0.717) is 12.1 Å². The van der Waals surface area contributed by atoms with E-state index in [-0.39, 0.29) is 11.9 Å². The molecule has 0 N–H and O–H groups in total. The molecular weight excluding hydrogens is 236 g/mol. The molecule has 0 aliphatic carbocycles. The van der Waals surface area contributed by atoms with Gasteiger partial charge in [0.2, 0.25) is 0 Å². The Balaban J connectivity index is 2.19. The van der Waals surface area contributed by atoms with Gasteiger partial charge in [-0.3, -0.25) is 9.78 Å². The summed E-state index contributed by atoms with van der Waals surface area (Å²) in [5.74, 6) is 0.0428. The molecule has 0 bridgehead atoms.